The van der Waals surface area contributed by atoms with Crippen LogP contribution in [0.1, 0.15) is 0 Å². The van der Waals surface area contributed by atoms with Gasteiger partial charge in [-0.25, -0.2) is 4.39 Å². The molecule has 0 unspecified atom stereocenters. The van der Waals surface area contributed by atoms with Crippen molar-refractivity contribution in [3.05, 3.63) is 42.5 Å². The van der Waals surface area contributed by atoms with Gasteiger partial charge in [0.2, 0.25) is 0 Å². The second-order valence-electron chi connectivity index (χ2n) is 3.27. The molecule has 0 aliphatic rings. The van der Waals surface area contributed by atoms with Gasteiger partial charge in [-0.3, -0.25) is 4.98 Å². The van der Waals surface area contributed by atoms with E-state index in [-0.39, 0.29) is 5.75 Å². The predicted molar refractivity (Wildman–Crippen MR) is 57.8 cm³/mol. The molecule has 0 fully saturated rings. The molecule has 4 heteroatoms. The van der Waals surface area contributed by atoms with Crippen molar-refractivity contribution >= 4 is 0 Å². The Balaban J connectivity index is 2.49. The molecule has 0 radical (unpaired) electrons. The lowest BCUT2D eigenvalue weighted by Gasteiger charge is -2.06. The van der Waals surface area contributed by atoms with Crippen molar-refractivity contribution in [2.75, 3.05) is 7.11 Å². The molecule has 2 aromatic rings. The summed E-state index contributed by atoms with van der Waals surface area (Å²) in [6.45, 7) is 0. The summed E-state index contributed by atoms with van der Waals surface area (Å²) in [5, 5.41) is 9.60. The van der Waals surface area contributed by atoms with Gasteiger partial charge in [-0.05, 0) is 18.2 Å². The standard InChI is InChI=1S/C12H10FNO2/c1-16-10-4-8(6-14-7-10)11-3-2-9(13)5-12(11)15/h2-7,15H,1H3. The van der Waals surface area contributed by atoms with Crippen molar-refractivity contribution in [3.8, 4) is 22.6 Å². The van der Waals surface area contributed by atoms with E-state index in [9.17, 15) is 9.50 Å². The number of methoxy groups -OCH3 is 1. The van der Waals surface area contributed by atoms with Gasteiger partial charge < -0.3 is 9.84 Å². The third-order valence-corrected chi connectivity index (χ3v) is 2.22. The number of aromatic hydroxyl groups is 1. The number of halogens is 1. The van der Waals surface area contributed by atoms with E-state index in [4.69, 9.17) is 4.74 Å². The Morgan fingerprint density at radius 1 is 1.25 bits per heavy atom. The van der Waals surface area contributed by atoms with Crippen LogP contribution in [0.3, 0.4) is 0 Å². The second-order valence-corrected chi connectivity index (χ2v) is 3.27. The molecule has 0 bridgehead atoms. The van der Waals surface area contributed by atoms with Crippen LogP contribution in [0.5, 0.6) is 11.5 Å². The molecule has 1 aromatic heterocycles. The van der Waals surface area contributed by atoms with E-state index in [0.717, 1.165) is 6.07 Å². The molecule has 0 aliphatic carbocycles. The average molecular weight is 219 g/mol. The number of benzene rings is 1. The summed E-state index contributed by atoms with van der Waals surface area (Å²) in [5.74, 6) is -0.00613. The first-order valence-electron chi connectivity index (χ1n) is 4.68. The SMILES string of the molecule is COc1cncc(-c2ccc(F)cc2O)c1. The van der Waals surface area contributed by atoms with E-state index in [1.54, 1.807) is 18.5 Å². The fourth-order valence-electron chi connectivity index (χ4n) is 1.43. The quantitative estimate of drug-likeness (QED) is 0.844. The highest BCUT2D eigenvalue weighted by molar-refractivity contribution is 5.70. The maximum Gasteiger partial charge on any atom is 0.137 e. The van der Waals surface area contributed by atoms with Gasteiger partial charge >= 0.3 is 0 Å². The van der Waals surface area contributed by atoms with Crippen molar-refractivity contribution < 1.29 is 14.2 Å². The lowest BCUT2D eigenvalue weighted by Crippen LogP contribution is -1.87. The number of hydrogen-bond donors (Lipinski definition) is 1. The molecule has 0 aliphatic heterocycles. The van der Waals surface area contributed by atoms with E-state index in [0.29, 0.717) is 16.9 Å². The van der Waals surface area contributed by atoms with Gasteiger partial charge in [0.25, 0.3) is 0 Å². The van der Waals surface area contributed by atoms with Gasteiger partial charge in [-0.2, -0.15) is 0 Å². The number of rotatable bonds is 2. The fourth-order valence-corrected chi connectivity index (χ4v) is 1.43. The molecule has 0 spiro atoms. The minimum atomic E-state index is -0.475. The molecular formula is C12H10FNO2. The largest absolute Gasteiger partial charge is 0.507 e. The first kappa shape index (κ1) is 10.4. The molecule has 0 saturated carbocycles. The van der Waals surface area contributed by atoms with Crippen molar-refractivity contribution in [2.24, 2.45) is 0 Å². The summed E-state index contributed by atoms with van der Waals surface area (Å²) in [4.78, 5) is 3.97. The minimum absolute atomic E-state index is 0.116. The van der Waals surface area contributed by atoms with Gasteiger partial charge in [0.05, 0.1) is 13.3 Å². The Bertz CT molecular complexity index is 514. The van der Waals surface area contributed by atoms with Gasteiger partial charge in [-0.15, -0.1) is 0 Å². The highest BCUT2D eigenvalue weighted by Crippen LogP contribution is 2.30. The van der Waals surface area contributed by atoms with Crippen LogP contribution >= 0.6 is 0 Å². The van der Waals surface area contributed by atoms with Gasteiger partial charge in [-0.1, -0.05) is 0 Å². The summed E-state index contributed by atoms with van der Waals surface area (Å²) in [6, 6.07) is 5.57. The van der Waals surface area contributed by atoms with Crippen molar-refractivity contribution in [3.63, 3.8) is 0 Å². The number of pyridine rings is 1. The average Bonchev–Trinajstić information content (AvgIpc) is 2.29. The van der Waals surface area contributed by atoms with Crippen LogP contribution in [-0.2, 0) is 0 Å². The maximum atomic E-state index is 12.8. The number of ether oxygens (including phenoxy) is 1. The van der Waals surface area contributed by atoms with E-state index >= 15 is 0 Å². The van der Waals surface area contributed by atoms with E-state index in [1.165, 1.54) is 19.2 Å². The van der Waals surface area contributed by atoms with E-state index < -0.39 is 5.82 Å². The van der Waals surface area contributed by atoms with E-state index in [1.807, 2.05) is 0 Å². The van der Waals surface area contributed by atoms with E-state index in [2.05, 4.69) is 4.98 Å². The Hall–Kier alpha value is -2.10. The first-order valence-corrected chi connectivity index (χ1v) is 4.68. The van der Waals surface area contributed by atoms with Crippen LogP contribution < -0.4 is 4.74 Å². The minimum Gasteiger partial charge on any atom is -0.507 e. The zero-order valence-corrected chi connectivity index (χ0v) is 8.64. The molecule has 1 N–H and O–H groups in total. The summed E-state index contributed by atoms with van der Waals surface area (Å²) in [6.07, 6.45) is 3.14. The van der Waals surface area contributed by atoms with Crippen LogP contribution in [0, 0.1) is 5.82 Å². The summed E-state index contributed by atoms with van der Waals surface area (Å²) in [7, 11) is 1.53. The lowest BCUT2D eigenvalue weighted by atomic mass is 10.1. The Kier molecular flexibility index (Phi) is 2.72. The molecule has 2 rings (SSSR count). The number of phenolic OH excluding ortho intramolecular Hbond substituents is 1. The third kappa shape index (κ3) is 1.95. The van der Waals surface area contributed by atoms with Crippen molar-refractivity contribution in [2.45, 2.75) is 0 Å². The van der Waals surface area contributed by atoms with Crippen LogP contribution in [0.2, 0.25) is 0 Å². The molecular weight excluding hydrogens is 209 g/mol. The van der Waals surface area contributed by atoms with Gasteiger partial charge in [0.1, 0.15) is 17.3 Å². The highest BCUT2D eigenvalue weighted by atomic mass is 19.1. The van der Waals surface area contributed by atoms with Gasteiger partial charge in [0, 0.05) is 23.4 Å². The smallest absolute Gasteiger partial charge is 0.137 e. The highest BCUT2D eigenvalue weighted by Gasteiger charge is 2.06. The number of hydrogen-bond acceptors (Lipinski definition) is 3. The Morgan fingerprint density at radius 2 is 2.06 bits per heavy atom. The molecule has 0 atom stereocenters. The maximum absolute atomic E-state index is 12.8. The van der Waals surface area contributed by atoms with Crippen LogP contribution in [0.4, 0.5) is 4.39 Å². The summed E-state index contributed by atoms with van der Waals surface area (Å²) < 4.78 is 17.8. The third-order valence-electron chi connectivity index (χ3n) is 2.22. The zero-order valence-electron chi connectivity index (χ0n) is 8.64. The fraction of sp³-hybridized carbons (Fsp3) is 0.0833. The van der Waals surface area contributed by atoms with Gasteiger partial charge in [0.15, 0.2) is 0 Å². The number of nitrogens with zero attached hydrogens (tertiary/aromatic N) is 1. The molecule has 16 heavy (non-hydrogen) atoms. The number of aromatic nitrogens is 1. The van der Waals surface area contributed by atoms with Crippen molar-refractivity contribution in [1.29, 1.82) is 0 Å². The lowest BCUT2D eigenvalue weighted by molar-refractivity contribution is 0.413. The molecule has 0 amide bonds. The Labute approximate surface area is 92.1 Å². The molecule has 1 aromatic carbocycles. The normalized spacial score (nSPS) is 10.1. The molecule has 1 heterocycles. The van der Waals surface area contributed by atoms with Crippen LogP contribution in [0.25, 0.3) is 11.1 Å². The first-order chi connectivity index (χ1) is 7.70. The van der Waals surface area contributed by atoms with Crippen molar-refractivity contribution in [1.82, 2.24) is 4.98 Å². The number of phenols is 1. The Morgan fingerprint density at radius 3 is 2.75 bits per heavy atom. The molecule has 0 saturated heterocycles. The second kappa shape index (κ2) is 4.18. The zero-order chi connectivity index (χ0) is 11.5. The molecule has 82 valence electrons. The predicted octanol–water partition coefficient (Wildman–Crippen LogP) is 2.60. The topological polar surface area (TPSA) is 42.4 Å². The van der Waals surface area contributed by atoms with Crippen LogP contribution in [-0.4, -0.2) is 17.2 Å². The van der Waals surface area contributed by atoms with Crippen LogP contribution in [0.15, 0.2) is 36.7 Å². The monoisotopic (exact) mass is 219 g/mol. The summed E-state index contributed by atoms with van der Waals surface area (Å²) in [5.41, 5.74) is 1.20. The summed E-state index contributed by atoms with van der Waals surface area (Å²) >= 11 is 0. The molecule has 3 nitrogen and oxygen atoms in total.